The zero-order valence-corrected chi connectivity index (χ0v) is 9.72. The minimum absolute atomic E-state index is 0.192. The highest BCUT2D eigenvalue weighted by atomic mass is 16.3. The number of carbonyl (C=O) groups excluding carboxylic acids is 1. The van der Waals surface area contributed by atoms with Gasteiger partial charge in [0.2, 0.25) is 5.91 Å². The van der Waals surface area contributed by atoms with Crippen molar-refractivity contribution < 1.29 is 15.0 Å². The van der Waals surface area contributed by atoms with Gasteiger partial charge >= 0.3 is 0 Å². The third kappa shape index (κ3) is 1.95. The van der Waals surface area contributed by atoms with E-state index in [9.17, 15) is 9.90 Å². The normalized spacial score (nSPS) is 32.9. The molecule has 92 valence electrons. The number of β-amino-alcohol motifs (C(OH)–C–C–N with tert-alkyl or cyclic N) is 1. The quantitative estimate of drug-likeness (QED) is 0.602. The summed E-state index contributed by atoms with van der Waals surface area (Å²) in [5, 5.41) is 18.2. The lowest BCUT2D eigenvalue weighted by Crippen LogP contribution is -2.66. The molecule has 16 heavy (non-hydrogen) atoms. The Hall–Kier alpha value is -0.650. The van der Waals surface area contributed by atoms with E-state index in [-0.39, 0.29) is 17.9 Å². The van der Waals surface area contributed by atoms with Crippen LogP contribution in [-0.4, -0.2) is 71.9 Å². The van der Waals surface area contributed by atoms with Crippen LogP contribution in [0.3, 0.4) is 0 Å². The molecule has 1 amide bonds. The molecule has 2 saturated heterocycles. The molecule has 5 heteroatoms. The molecule has 0 unspecified atom stereocenters. The van der Waals surface area contributed by atoms with Crippen LogP contribution < -0.4 is 0 Å². The third-order valence-electron chi connectivity index (χ3n) is 3.68. The number of likely N-dealkylation sites (tertiary alicyclic amines) is 2. The van der Waals surface area contributed by atoms with Crippen LogP contribution >= 0.6 is 0 Å². The van der Waals surface area contributed by atoms with E-state index in [0.29, 0.717) is 6.54 Å². The highest BCUT2D eigenvalue weighted by molar-refractivity contribution is 5.88. The smallest absolute Gasteiger partial charge is 0.231 e. The number of nitrogens with zero attached hydrogens (tertiary/aromatic N) is 2. The Bertz CT molecular complexity index is 280. The SMILES string of the molecule is CN1C[C@@]2(CCCN(C[C@H](O)CO)C2)C1=O. The van der Waals surface area contributed by atoms with Crippen molar-refractivity contribution in [3.05, 3.63) is 0 Å². The molecule has 0 aliphatic carbocycles. The Labute approximate surface area is 95.6 Å². The maximum Gasteiger partial charge on any atom is 0.231 e. The first-order valence-corrected chi connectivity index (χ1v) is 5.84. The molecule has 1 spiro atoms. The van der Waals surface area contributed by atoms with E-state index in [2.05, 4.69) is 4.90 Å². The maximum absolute atomic E-state index is 11.8. The predicted octanol–water partition coefficient (Wildman–Crippen LogP) is -1.11. The number of aliphatic hydroxyl groups is 2. The Morgan fingerprint density at radius 2 is 2.25 bits per heavy atom. The number of carbonyl (C=O) groups is 1. The van der Waals surface area contributed by atoms with Crippen molar-refractivity contribution >= 4 is 5.91 Å². The molecule has 2 N–H and O–H groups in total. The van der Waals surface area contributed by atoms with Crippen molar-refractivity contribution in [2.75, 3.05) is 39.8 Å². The third-order valence-corrected chi connectivity index (χ3v) is 3.68. The molecule has 2 aliphatic rings. The summed E-state index contributed by atoms with van der Waals surface area (Å²) in [7, 11) is 1.83. The molecule has 2 heterocycles. The van der Waals surface area contributed by atoms with Gasteiger partial charge in [-0.25, -0.2) is 0 Å². The number of hydrogen-bond acceptors (Lipinski definition) is 4. The molecule has 0 radical (unpaired) electrons. The zero-order chi connectivity index (χ0) is 11.8. The average molecular weight is 228 g/mol. The lowest BCUT2D eigenvalue weighted by Gasteiger charge is -2.52. The van der Waals surface area contributed by atoms with E-state index in [1.807, 2.05) is 7.05 Å². The van der Waals surface area contributed by atoms with Crippen LogP contribution in [0.25, 0.3) is 0 Å². The molecule has 2 atom stereocenters. The Morgan fingerprint density at radius 1 is 1.50 bits per heavy atom. The molecule has 0 aromatic carbocycles. The van der Waals surface area contributed by atoms with Crippen molar-refractivity contribution in [3.8, 4) is 0 Å². The van der Waals surface area contributed by atoms with Crippen LogP contribution in [0.5, 0.6) is 0 Å². The van der Waals surface area contributed by atoms with Crippen molar-refractivity contribution in [2.45, 2.75) is 18.9 Å². The lowest BCUT2D eigenvalue weighted by molar-refractivity contribution is -0.164. The fourth-order valence-corrected chi connectivity index (χ4v) is 2.95. The second kappa shape index (κ2) is 4.31. The largest absolute Gasteiger partial charge is 0.394 e. The molecule has 0 aromatic rings. The summed E-state index contributed by atoms with van der Waals surface area (Å²) < 4.78 is 0. The van der Waals surface area contributed by atoms with E-state index in [1.54, 1.807) is 4.90 Å². The number of hydrogen-bond donors (Lipinski definition) is 2. The van der Waals surface area contributed by atoms with Gasteiger partial charge in [-0.05, 0) is 19.4 Å². The monoisotopic (exact) mass is 228 g/mol. The highest BCUT2D eigenvalue weighted by Crippen LogP contribution is 2.39. The average Bonchev–Trinajstić information content (AvgIpc) is 2.29. The number of β-lactam (4-membered cyclic amide) rings is 1. The van der Waals surface area contributed by atoms with Gasteiger partial charge in [-0.1, -0.05) is 0 Å². The Kier molecular flexibility index (Phi) is 3.19. The molecule has 0 saturated carbocycles. The van der Waals surface area contributed by atoms with Crippen LogP contribution in [-0.2, 0) is 4.79 Å². The first-order chi connectivity index (χ1) is 7.57. The highest BCUT2D eigenvalue weighted by Gasteiger charge is 2.52. The molecule has 0 bridgehead atoms. The summed E-state index contributed by atoms with van der Waals surface area (Å²) in [4.78, 5) is 15.7. The Morgan fingerprint density at radius 3 is 2.81 bits per heavy atom. The van der Waals surface area contributed by atoms with Gasteiger partial charge in [0.15, 0.2) is 0 Å². The van der Waals surface area contributed by atoms with Crippen molar-refractivity contribution in [1.82, 2.24) is 9.80 Å². The Balaban J connectivity index is 1.92. The van der Waals surface area contributed by atoms with Gasteiger partial charge in [0.1, 0.15) is 0 Å². The summed E-state index contributed by atoms with van der Waals surface area (Å²) in [6.45, 7) is 2.73. The summed E-state index contributed by atoms with van der Waals surface area (Å²) in [6.07, 6.45) is 1.27. The molecular weight excluding hydrogens is 208 g/mol. The lowest BCUT2D eigenvalue weighted by atomic mass is 9.72. The molecule has 2 rings (SSSR count). The van der Waals surface area contributed by atoms with E-state index in [4.69, 9.17) is 5.11 Å². The fourth-order valence-electron chi connectivity index (χ4n) is 2.95. The molecule has 2 aliphatic heterocycles. The van der Waals surface area contributed by atoms with Gasteiger partial charge in [0.05, 0.1) is 18.1 Å². The van der Waals surface area contributed by atoms with E-state index < -0.39 is 6.10 Å². The standard InChI is InChI=1S/C11H20N2O3/c1-12-7-11(10(12)16)3-2-4-13(8-11)5-9(15)6-14/h9,14-15H,2-8H2,1H3/t9-,11+/m0/s1. The van der Waals surface area contributed by atoms with Crippen LogP contribution in [0.15, 0.2) is 0 Å². The van der Waals surface area contributed by atoms with Gasteiger partial charge in [-0.3, -0.25) is 9.69 Å². The second-order valence-corrected chi connectivity index (χ2v) is 5.12. The van der Waals surface area contributed by atoms with Crippen molar-refractivity contribution in [3.63, 3.8) is 0 Å². The van der Waals surface area contributed by atoms with Gasteiger partial charge < -0.3 is 15.1 Å². The summed E-state index contributed by atoms with van der Waals surface area (Å²) in [5.74, 6) is 0.232. The number of piperidine rings is 1. The van der Waals surface area contributed by atoms with E-state index in [0.717, 1.165) is 32.5 Å². The first-order valence-electron chi connectivity index (χ1n) is 5.84. The topological polar surface area (TPSA) is 64.0 Å². The molecule has 2 fully saturated rings. The van der Waals surface area contributed by atoms with Crippen LogP contribution in [0.2, 0.25) is 0 Å². The fraction of sp³-hybridized carbons (Fsp3) is 0.909. The van der Waals surface area contributed by atoms with Crippen LogP contribution in [0.4, 0.5) is 0 Å². The van der Waals surface area contributed by atoms with Crippen LogP contribution in [0.1, 0.15) is 12.8 Å². The number of rotatable bonds is 3. The van der Waals surface area contributed by atoms with Crippen molar-refractivity contribution in [2.24, 2.45) is 5.41 Å². The summed E-state index contributed by atoms with van der Waals surface area (Å²) in [6, 6.07) is 0. The zero-order valence-electron chi connectivity index (χ0n) is 9.72. The first kappa shape index (κ1) is 11.8. The molecule has 0 aromatic heterocycles. The maximum atomic E-state index is 11.8. The van der Waals surface area contributed by atoms with Gasteiger partial charge in [0, 0.05) is 26.7 Å². The van der Waals surface area contributed by atoms with Crippen molar-refractivity contribution in [1.29, 1.82) is 0 Å². The summed E-state index contributed by atoms with van der Waals surface area (Å²) >= 11 is 0. The van der Waals surface area contributed by atoms with Gasteiger partial charge in [0.25, 0.3) is 0 Å². The minimum Gasteiger partial charge on any atom is -0.394 e. The predicted molar refractivity (Wildman–Crippen MR) is 58.8 cm³/mol. The van der Waals surface area contributed by atoms with Gasteiger partial charge in [-0.15, -0.1) is 0 Å². The van der Waals surface area contributed by atoms with Gasteiger partial charge in [-0.2, -0.15) is 0 Å². The summed E-state index contributed by atoms with van der Waals surface area (Å²) in [5.41, 5.74) is -0.192. The molecule has 5 nitrogen and oxygen atoms in total. The number of aliphatic hydroxyl groups excluding tert-OH is 2. The van der Waals surface area contributed by atoms with E-state index in [1.165, 1.54) is 0 Å². The van der Waals surface area contributed by atoms with E-state index >= 15 is 0 Å². The van der Waals surface area contributed by atoms with Crippen LogP contribution in [0, 0.1) is 5.41 Å². The minimum atomic E-state index is -0.692. The molecular formula is C11H20N2O3. The number of amides is 1. The second-order valence-electron chi connectivity index (χ2n) is 5.12.